The molecule has 0 amide bonds. The van der Waals surface area contributed by atoms with E-state index < -0.39 is 6.10 Å². The topological polar surface area (TPSA) is 78.9 Å². The van der Waals surface area contributed by atoms with E-state index in [9.17, 15) is 14.4 Å². The van der Waals surface area contributed by atoms with Crippen LogP contribution in [0.5, 0.6) is 0 Å². The number of esters is 3. The highest BCUT2D eigenvalue weighted by Gasteiger charge is 2.19. The van der Waals surface area contributed by atoms with Crippen LogP contribution < -0.4 is 0 Å². The van der Waals surface area contributed by atoms with Crippen molar-refractivity contribution in [2.75, 3.05) is 13.2 Å². The molecule has 0 fully saturated rings. The standard InChI is InChI=1S/C60H98O6/c1-4-7-10-13-16-18-20-22-24-25-26-27-28-29-30-31-32-33-34-35-37-38-40-42-44-47-50-53-59(62)65-56-57(55-64-58(61)52-49-46-15-12-9-6-3)66-60(63)54-51-48-45-43-41-39-36-23-21-19-17-14-11-8-5-2/h7-8,10-11,16-19,22-24,26-27,29-30,32-33,36,57H,4-6,9,12-15,20-21,25,28,31,34-35,37-56H2,1-3H3/b10-7-,11-8-,18-16-,19-17-,24-22-,27-26-,30-29-,33-32-,36-23-. The van der Waals surface area contributed by atoms with E-state index in [4.69, 9.17) is 14.2 Å². The number of allylic oxidation sites excluding steroid dienone is 18. The van der Waals surface area contributed by atoms with E-state index >= 15 is 0 Å². The first-order chi connectivity index (χ1) is 32.5. The molecule has 1 unspecified atom stereocenters. The van der Waals surface area contributed by atoms with Gasteiger partial charge in [0.05, 0.1) is 0 Å². The molecule has 66 heavy (non-hydrogen) atoms. The minimum absolute atomic E-state index is 0.0890. The molecular formula is C60H98O6. The van der Waals surface area contributed by atoms with Crippen molar-refractivity contribution >= 4 is 17.9 Å². The number of rotatable bonds is 47. The Hall–Kier alpha value is -3.93. The number of hydrogen-bond donors (Lipinski definition) is 0. The van der Waals surface area contributed by atoms with Crippen LogP contribution in [0.4, 0.5) is 0 Å². The number of ether oxygens (including phenoxy) is 3. The van der Waals surface area contributed by atoms with Crippen LogP contribution in [0.15, 0.2) is 109 Å². The summed E-state index contributed by atoms with van der Waals surface area (Å²) in [6.07, 6.45) is 72.5. The average Bonchev–Trinajstić information content (AvgIpc) is 3.31. The van der Waals surface area contributed by atoms with Crippen molar-refractivity contribution in [3.63, 3.8) is 0 Å². The van der Waals surface area contributed by atoms with E-state index in [1.54, 1.807) is 0 Å². The second-order valence-electron chi connectivity index (χ2n) is 17.4. The third-order valence-corrected chi connectivity index (χ3v) is 11.0. The average molecular weight is 915 g/mol. The lowest BCUT2D eigenvalue weighted by Gasteiger charge is -2.18. The van der Waals surface area contributed by atoms with Gasteiger partial charge in [-0.15, -0.1) is 0 Å². The lowest BCUT2D eigenvalue weighted by Crippen LogP contribution is -2.30. The van der Waals surface area contributed by atoms with Crippen molar-refractivity contribution in [2.45, 2.75) is 239 Å². The normalized spacial score (nSPS) is 13.0. The van der Waals surface area contributed by atoms with E-state index in [0.29, 0.717) is 19.3 Å². The van der Waals surface area contributed by atoms with Crippen LogP contribution in [0.2, 0.25) is 0 Å². The molecule has 6 nitrogen and oxygen atoms in total. The van der Waals surface area contributed by atoms with Crippen LogP contribution >= 0.6 is 0 Å². The fourth-order valence-electron chi connectivity index (χ4n) is 7.05. The molecule has 0 aromatic heterocycles. The third-order valence-electron chi connectivity index (χ3n) is 11.0. The molecule has 0 aromatic carbocycles. The van der Waals surface area contributed by atoms with Gasteiger partial charge in [-0.1, -0.05) is 220 Å². The molecule has 0 saturated heterocycles. The molecule has 0 spiro atoms. The van der Waals surface area contributed by atoms with E-state index in [-0.39, 0.29) is 31.1 Å². The summed E-state index contributed by atoms with van der Waals surface area (Å²) in [6, 6.07) is 0. The quantitative estimate of drug-likeness (QED) is 0.0262. The van der Waals surface area contributed by atoms with Gasteiger partial charge in [-0.25, -0.2) is 0 Å². The van der Waals surface area contributed by atoms with Crippen LogP contribution in [-0.2, 0) is 28.6 Å². The van der Waals surface area contributed by atoms with E-state index in [1.807, 2.05) is 0 Å². The highest BCUT2D eigenvalue weighted by Crippen LogP contribution is 2.14. The van der Waals surface area contributed by atoms with Crippen LogP contribution in [0, 0.1) is 0 Å². The Labute approximate surface area is 406 Å². The van der Waals surface area contributed by atoms with Gasteiger partial charge in [0.25, 0.3) is 0 Å². The zero-order valence-corrected chi connectivity index (χ0v) is 42.7. The Morgan fingerprint density at radius 1 is 0.318 bits per heavy atom. The molecule has 6 heteroatoms. The van der Waals surface area contributed by atoms with E-state index in [0.717, 1.165) is 141 Å². The maximum atomic E-state index is 12.7. The fraction of sp³-hybridized carbons (Fsp3) is 0.650. The van der Waals surface area contributed by atoms with Crippen LogP contribution in [0.3, 0.4) is 0 Å². The molecule has 0 aliphatic carbocycles. The predicted molar refractivity (Wildman–Crippen MR) is 283 cm³/mol. The van der Waals surface area contributed by atoms with Gasteiger partial charge in [-0.3, -0.25) is 14.4 Å². The van der Waals surface area contributed by atoms with Crippen molar-refractivity contribution in [1.29, 1.82) is 0 Å². The van der Waals surface area contributed by atoms with Gasteiger partial charge in [-0.05, 0) is 103 Å². The molecule has 0 aliphatic rings. The van der Waals surface area contributed by atoms with Gasteiger partial charge < -0.3 is 14.2 Å². The molecule has 0 aliphatic heterocycles. The maximum Gasteiger partial charge on any atom is 0.306 e. The fourth-order valence-corrected chi connectivity index (χ4v) is 7.05. The molecule has 374 valence electrons. The monoisotopic (exact) mass is 915 g/mol. The number of carbonyl (C=O) groups excluding carboxylic acids is 3. The SMILES string of the molecule is CC/C=C\C/C=C\C/C=C\C/C=C\C/C=C\C/C=C\CCCCCCCCCCC(=O)OCC(COC(=O)CCCCCCCC)OC(=O)CCCCCCC/C=C\C/C=C\C/C=C\CC. The van der Waals surface area contributed by atoms with E-state index in [2.05, 4.69) is 130 Å². The summed E-state index contributed by atoms with van der Waals surface area (Å²) >= 11 is 0. The summed E-state index contributed by atoms with van der Waals surface area (Å²) in [5, 5.41) is 0. The summed E-state index contributed by atoms with van der Waals surface area (Å²) < 4.78 is 16.7. The molecule has 0 N–H and O–H groups in total. The lowest BCUT2D eigenvalue weighted by atomic mass is 10.1. The first-order valence-corrected chi connectivity index (χ1v) is 26.9. The molecule has 1 atom stereocenters. The van der Waals surface area contributed by atoms with Crippen LogP contribution in [0.25, 0.3) is 0 Å². The highest BCUT2D eigenvalue weighted by molar-refractivity contribution is 5.71. The van der Waals surface area contributed by atoms with Gasteiger partial charge in [0.1, 0.15) is 13.2 Å². The van der Waals surface area contributed by atoms with Crippen molar-refractivity contribution in [3.05, 3.63) is 109 Å². The van der Waals surface area contributed by atoms with Gasteiger partial charge >= 0.3 is 17.9 Å². The zero-order valence-electron chi connectivity index (χ0n) is 42.7. The minimum atomic E-state index is -0.788. The van der Waals surface area contributed by atoms with Gasteiger partial charge in [-0.2, -0.15) is 0 Å². The van der Waals surface area contributed by atoms with Crippen molar-refractivity contribution in [1.82, 2.24) is 0 Å². The highest BCUT2D eigenvalue weighted by atomic mass is 16.6. The molecule has 0 bridgehead atoms. The molecule has 0 saturated carbocycles. The minimum Gasteiger partial charge on any atom is -0.462 e. The van der Waals surface area contributed by atoms with E-state index in [1.165, 1.54) is 51.4 Å². The largest absolute Gasteiger partial charge is 0.462 e. The number of unbranched alkanes of at least 4 members (excludes halogenated alkanes) is 18. The van der Waals surface area contributed by atoms with Crippen molar-refractivity contribution in [3.8, 4) is 0 Å². The first kappa shape index (κ1) is 62.1. The second-order valence-corrected chi connectivity index (χ2v) is 17.4. The summed E-state index contributed by atoms with van der Waals surface area (Å²) in [5.74, 6) is -0.929. The maximum absolute atomic E-state index is 12.7. The Morgan fingerprint density at radius 2 is 0.591 bits per heavy atom. The first-order valence-electron chi connectivity index (χ1n) is 26.9. The Bertz CT molecular complexity index is 1370. The Balaban J connectivity index is 4.19. The summed E-state index contributed by atoms with van der Waals surface area (Å²) in [4.78, 5) is 37.8. The second kappa shape index (κ2) is 53.7. The molecule has 0 radical (unpaired) electrons. The summed E-state index contributed by atoms with van der Waals surface area (Å²) in [6.45, 7) is 6.32. The smallest absolute Gasteiger partial charge is 0.306 e. The third kappa shape index (κ3) is 51.1. The van der Waals surface area contributed by atoms with Gasteiger partial charge in [0, 0.05) is 19.3 Å². The van der Waals surface area contributed by atoms with Crippen molar-refractivity contribution in [2.24, 2.45) is 0 Å². The zero-order chi connectivity index (χ0) is 47.9. The Kier molecular flexibility index (Phi) is 50.5. The predicted octanol–water partition coefficient (Wildman–Crippen LogP) is 17.9. The number of hydrogen-bond acceptors (Lipinski definition) is 6. The number of carbonyl (C=O) groups is 3. The summed E-state index contributed by atoms with van der Waals surface area (Å²) in [5.41, 5.74) is 0. The van der Waals surface area contributed by atoms with Gasteiger partial charge in [0.2, 0.25) is 0 Å². The Morgan fingerprint density at radius 3 is 0.924 bits per heavy atom. The van der Waals surface area contributed by atoms with Gasteiger partial charge in [0.15, 0.2) is 6.10 Å². The lowest BCUT2D eigenvalue weighted by molar-refractivity contribution is -0.167. The summed E-state index contributed by atoms with van der Waals surface area (Å²) in [7, 11) is 0. The van der Waals surface area contributed by atoms with Crippen molar-refractivity contribution < 1.29 is 28.6 Å². The molecule has 0 heterocycles. The van der Waals surface area contributed by atoms with Crippen LogP contribution in [-0.4, -0.2) is 37.2 Å². The molecule has 0 aromatic rings. The van der Waals surface area contributed by atoms with Crippen LogP contribution in [0.1, 0.15) is 233 Å². The molecular weight excluding hydrogens is 817 g/mol. The molecule has 0 rings (SSSR count).